The van der Waals surface area contributed by atoms with Gasteiger partial charge < -0.3 is 9.31 Å². The molecule has 24 heavy (non-hydrogen) atoms. The van der Waals surface area contributed by atoms with Crippen LogP contribution in [0.15, 0.2) is 28.1 Å². The topological polar surface area (TPSA) is 35.5 Å². The first-order valence-electron chi connectivity index (χ1n) is 7.66. The molecule has 1 aliphatic heterocycles. The predicted molar refractivity (Wildman–Crippen MR) is 101 cm³/mol. The molecule has 0 aromatic heterocycles. The highest BCUT2D eigenvalue weighted by Gasteiger charge is 2.52. The fourth-order valence-electron chi connectivity index (χ4n) is 2.17. The van der Waals surface area contributed by atoms with E-state index in [9.17, 15) is 9.18 Å². The van der Waals surface area contributed by atoms with Gasteiger partial charge in [-0.2, -0.15) is 0 Å². The number of carbonyl (C=O) groups excluding carboxylic acids is 1. The molecule has 1 fully saturated rings. The lowest BCUT2D eigenvalue weighted by atomic mass is 9.78. The zero-order chi connectivity index (χ0) is 18.1. The van der Waals surface area contributed by atoms with E-state index in [-0.39, 0.29) is 10.9 Å². The summed E-state index contributed by atoms with van der Waals surface area (Å²) < 4.78 is 26.0. The van der Waals surface area contributed by atoms with Crippen LogP contribution in [0, 0.1) is 5.82 Å². The van der Waals surface area contributed by atoms with Crippen molar-refractivity contribution in [3.63, 3.8) is 0 Å². The van der Waals surface area contributed by atoms with Crippen molar-refractivity contribution in [3.05, 3.63) is 39.5 Å². The van der Waals surface area contributed by atoms with Crippen LogP contribution >= 0.6 is 27.7 Å². The molecule has 0 N–H and O–H groups in total. The number of halogens is 2. The monoisotopic (exact) mass is 414 g/mol. The summed E-state index contributed by atoms with van der Waals surface area (Å²) in [5.74, 6) is 0.142. The lowest BCUT2D eigenvalue weighted by Gasteiger charge is -2.32. The van der Waals surface area contributed by atoms with E-state index in [4.69, 9.17) is 9.31 Å². The van der Waals surface area contributed by atoms with Gasteiger partial charge in [0.2, 0.25) is 0 Å². The van der Waals surface area contributed by atoms with Gasteiger partial charge in [-0.25, -0.2) is 4.39 Å². The fourth-order valence-corrected chi connectivity index (χ4v) is 3.16. The highest BCUT2D eigenvalue weighted by molar-refractivity contribution is 9.10. The molecule has 0 aliphatic carbocycles. The molecule has 0 unspecified atom stereocenters. The Labute approximate surface area is 155 Å². The van der Waals surface area contributed by atoms with Gasteiger partial charge in [-0.3, -0.25) is 4.79 Å². The molecule has 0 bridgehead atoms. The first kappa shape index (κ1) is 19.7. The van der Waals surface area contributed by atoms with E-state index in [1.54, 1.807) is 12.1 Å². The summed E-state index contributed by atoms with van der Waals surface area (Å²) in [7, 11) is -0.536. The van der Waals surface area contributed by atoms with Crippen molar-refractivity contribution >= 4 is 46.0 Å². The van der Waals surface area contributed by atoms with Crippen LogP contribution in [0.2, 0.25) is 0 Å². The van der Waals surface area contributed by atoms with Crippen LogP contribution in [0.4, 0.5) is 4.39 Å². The van der Waals surface area contributed by atoms with Crippen molar-refractivity contribution < 1.29 is 18.5 Å². The molecule has 0 spiro atoms. The van der Waals surface area contributed by atoms with Gasteiger partial charge in [0.15, 0.2) is 5.12 Å². The first-order chi connectivity index (χ1) is 11.0. The van der Waals surface area contributed by atoms with Crippen LogP contribution in [0.3, 0.4) is 0 Å². The normalized spacial score (nSPS) is 19.6. The molecule has 0 radical (unpaired) electrons. The maximum absolute atomic E-state index is 13.4. The zero-order valence-corrected chi connectivity index (χ0v) is 16.9. The number of hydrogen-bond acceptors (Lipinski definition) is 4. The molecule has 3 nitrogen and oxygen atoms in total. The van der Waals surface area contributed by atoms with Crippen LogP contribution in [-0.2, 0) is 14.1 Å². The molecule has 130 valence electrons. The average Bonchev–Trinajstić information content (AvgIpc) is 2.67. The van der Waals surface area contributed by atoms with Crippen LogP contribution in [0.25, 0.3) is 6.08 Å². The van der Waals surface area contributed by atoms with Gasteiger partial charge in [0, 0.05) is 12.7 Å². The van der Waals surface area contributed by atoms with E-state index in [0.29, 0.717) is 10.2 Å². The van der Waals surface area contributed by atoms with Crippen LogP contribution in [0.5, 0.6) is 0 Å². The Morgan fingerprint density at radius 1 is 1.29 bits per heavy atom. The van der Waals surface area contributed by atoms with Crippen LogP contribution < -0.4 is 0 Å². The molecule has 1 aliphatic rings. The summed E-state index contributed by atoms with van der Waals surface area (Å²) >= 11 is 4.39. The highest BCUT2D eigenvalue weighted by Crippen LogP contribution is 2.39. The molecule has 7 heteroatoms. The van der Waals surface area contributed by atoms with Crippen molar-refractivity contribution in [1.29, 1.82) is 0 Å². The van der Waals surface area contributed by atoms with Gasteiger partial charge in [0.1, 0.15) is 5.82 Å². The van der Waals surface area contributed by atoms with Gasteiger partial charge >= 0.3 is 7.12 Å². The molecule has 1 saturated heterocycles. The first-order valence-corrected chi connectivity index (χ1v) is 9.44. The Morgan fingerprint density at radius 2 is 1.88 bits per heavy atom. The molecule has 1 aromatic rings. The largest absolute Gasteiger partial charge is 0.491 e. The van der Waals surface area contributed by atoms with Gasteiger partial charge in [-0.15, -0.1) is 0 Å². The number of thioether (sulfide) groups is 1. The lowest BCUT2D eigenvalue weighted by molar-refractivity contribution is -0.109. The van der Waals surface area contributed by atoms with Crippen molar-refractivity contribution in [3.8, 4) is 0 Å². The summed E-state index contributed by atoms with van der Waals surface area (Å²) in [4.78, 5) is 11.4. The van der Waals surface area contributed by atoms with E-state index >= 15 is 0 Å². The van der Waals surface area contributed by atoms with E-state index in [2.05, 4.69) is 15.9 Å². The van der Waals surface area contributed by atoms with Crippen LogP contribution in [0.1, 0.15) is 40.2 Å². The number of rotatable bonds is 4. The van der Waals surface area contributed by atoms with Crippen molar-refractivity contribution in [2.24, 2.45) is 0 Å². The second kappa shape index (κ2) is 7.32. The smallest absolute Gasteiger partial charge is 0.400 e. The third-order valence-corrected chi connectivity index (χ3v) is 5.79. The second-order valence-corrected chi connectivity index (χ2v) is 8.77. The number of carbonyl (C=O) groups is 1. The predicted octanol–water partition coefficient (Wildman–Crippen LogP) is 4.88. The minimum Gasteiger partial charge on any atom is -0.400 e. The Kier molecular flexibility index (Phi) is 6.01. The Morgan fingerprint density at radius 3 is 2.38 bits per heavy atom. The maximum Gasteiger partial charge on any atom is 0.491 e. The summed E-state index contributed by atoms with van der Waals surface area (Å²) in [6.07, 6.45) is 1.89. The van der Waals surface area contributed by atoms with Gasteiger partial charge in [0.25, 0.3) is 0 Å². The Balaban J connectivity index is 2.33. The third kappa shape index (κ3) is 4.51. The van der Waals surface area contributed by atoms with E-state index in [1.165, 1.54) is 24.8 Å². The van der Waals surface area contributed by atoms with Gasteiger partial charge in [0.05, 0.1) is 15.7 Å². The van der Waals surface area contributed by atoms with Crippen molar-refractivity contribution in [2.45, 2.75) is 45.8 Å². The third-order valence-electron chi connectivity index (χ3n) is 4.29. The Bertz CT molecular complexity index is 660. The molecular weight excluding hydrogens is 394 g/mol. The SMILES string of the molecule is CC(=O)SCC(=Cc1ccc(F)c(Br)c1)B1OC(C)(C)C(C)(C)O1. The van der Waals surface area contributed by atoms with E-state index < -0.39 is 18.3 Å². The standard InChI is InChI=1S/C17H21BBrFO3S/c1-11(21)24-10-13(8-12-6-7-15(20)14(19)9-12)18-22-16(2,3)17(4,5)23-18/h6-9H,10H2,1-5H3. The summed E-state index contributed by atoms with van der Waals surface area (Å²) in [5.41, 5.74) is 0.742. The van der Waals surface area contributed by atoms with E-state index in [1.807, 2.05) is 33.8 Å². The zero-order valence-electron chi connectivity index (χ0n) is 14.5. The summed E-state index contributed by atoms with van der Waals surface area (Å²) in [6, 6.07) is 4.78. The fraction of sp³-hybridized carbons (Fsp3) is 0.471. The summed E-state index contributed by atoms with van der Waals surface area (Å²) in [6.45, 7) is 9.46. The minimum absolute atomic E-state index is 0.0257. The molecule has 2 rings (SSSR count). The highest BCUT2D eigenvalue weighted by atomic mass is 79.9. The summed E-state index contributed by atoms with van der Waals surface area (Å²) in [5, 5.41) is 0.0257. The molecule has 0 atom stereocenters. The van der Waals surface area contributed by atoms with Crippen LogP contribution in [-0.4, -0.2) is 29.2 Å². The maximum atomic E-state index is 13.4. The average molecular weight is 415 g/mol. The molecule has 1 aromatic carbocycles. The molecule has 0 saturated carbocycles. The molecular formula is C17H21BBrFO3S. The second-order valence-electron chi connectivity index (χ2n) is 6.76. The van der Waals surface area contributed by atoms with Crippen molar-refractivity contribution in [2.75, 3.05) is 5.75 Å². The molecule has 1 heterocycles. The van der Waals surface area contributed by atoms with E-state index in [0.717, 1.165) is 11.0 Å². The lowest BCUT2D eigenvalue weighted by Crippen LogP contribution is -2.41. The minimum atomic E-state index is -0.536. The number of benzene rings is 1. The van der Waals surface area contributed by atoms with Crippen molar-refractivity contribution in [1.82, 2.24) is 0 Å². The number of hydrogen-bond donors (Lipinski definition) is 0. The van der Waals surface area contributed by atoms with Gasteiger partial charge in [-0.1, -0.05) is 23.9 Å². The van der Waals surface area contributed by atoms with Gasteiger partial charge in [-0.05, 0) is 66.8 Å². The Hall–Kier alpha value is -0.625. The molecule has 0 amide bonds. The quantitative estimate of drug-likeness (QED) is 0.657.